The average Bonchev–Trinajstić information content (AvgIpc) is 2.45. The van der Waals surface area contributed by atoms with Crippen molar-refractivity contribution in [2.24, 2.45) is 7.05 Å². The molecule has 0 aliphatic rings. The highest BCUT2D eigenvalue weighted by atomic mass is 16.4. The van der Waals surface area contributed by atoms with Gasteiger partial charge in [-0.05, 0) is 12.5 Å². The lowest BCUT2D eigenvalue weighted by Gasteiger charge is -2.06. The Kier molecular flexibility index (Phi) is 7.43. The molecule has 0 unspecified atom stereocenters. The van der Waals surface area contributed by atoms with Crippen LogP contribution in [0.15, 0.2) is 18.3 Å². The zero-order valence-electron chi connectivity index (χ0n) is 12.9. The Balaban J connectivity index is 2.47. The molecule has 0 saturated carbocycles. The molecule has 21 heavy (non-hydrogen) atoms. The van der Waals surface area contributed by atoms with Crippen molar-refractivity contribution in [3.8, 4) is 0 Å². The van der Waals surface area contributed by atoms with E-state index in [9.17, 15) is 9.59 Å². The van der Waals surface area contributed by atoms with E-state index in [0.29, 0.717) is 6.54 Å². The van der Waals surface area contributed by atoms with Crippen molar-refractivity contribution >= 4 is 11.9 Å². The summed E-state index contributed by atoms with van der Waals surface area (Å²) in [6.45, 7) is 2.76. The van der Waals surface area contributed by atoms with Crippen LogP contribution in [0.5, 0.6) is 0 Å². The van der Waals surface area contributed by atoms with Gasteiger partial charge in [-0.2, -0.15) is 4.57 Å². The lowest BCUT2D eigenvalue weighted by atomic mass is 10.1. The second-order valence-corrected chi connectivity index (χ2v) is 5.21. The van der Waals surface area contributed by atoms with Gasteiger partial charge in [0.05, 0.1) is 0 Å². The van der Waals surface area contributed by atoms with Crippen LogP contribution in [-0.4, -0.2) is 23.5 Å². The maximum absolute atomic E-state index is 12.1. The minimum atomic E-state index is -1.09. The Morgan fingerprint density at radius 2 is 1.86 bits per heavy atom. The molecule has 116 valence electrons. The smallest absolute Gasteiger partial charge is 0.342 e. The van der Waals surface area contributed by atoms with E-state index in [1.807, 2.05) is 0 Å². The molecule has 0 radical (unpaired) electrons. The fourth-order valence-electron chi connectivity index (χ4n) is 2.26. The van der Waals surface area contributed by atoms with Crippen LogP contribution in [0.3, 0.4) is 0 Å². The number of aromatic nitrogens is 1. The van der Waals surface area contributed by atoms with Gasteiger partial charge in [-0.15, -0.1) is 0 Å². The topological polar surface area (TPSA) is 70.3 Å². The molecule has 1 heterocycles. The van der Waals surface area contributed by atoms with Gasteiger partial charge in [0.1, 0.15) is 12.6 Å². The van der Waals surface area contributed by atoms with Crippen LogP contribution in [-0.2, 0) is 7.05 Å². The van der Waals surface area contributed by atoms with E-state index in [1.165, 1.54) is 31.7 Å². The number of carboxylic acids is 1. The number of carboxylic acid groups (broad SMARTS) is 1. The summed E-state index contributed by atoms with van der Waals surface area (Å²) in [5.41, 5.74) is 0.219. The molecule has 1 aromatic heterocycles. The highest BCUT2D eigenvalue weighted by molar-refractivity contribution is 6.02. The SMILES string of the molecule is CCCCCCCCNC(=O)c1c(C(=O)O)ccc[n+]1C. The first-order chi connectivity index (χ1) is 10.1. The molecule has 0 spiro atoms. The van der Waals surface area contributed by atoms with Crippen LogP contribution >= 0.6 is 0 Å². The van der Waals surface area contributed by atoms with Gasteiger partial charge in [-0.1, -0.05) is 39.0 Å². The third-order valence-electron chi connectivity index (χ3n) is 3.44. The van der Waals surface area contributed by atoms with Crippen molar-refractivity contribution in [1.29, 1.82) is 0 Å². The molecule has 0 aromatic carbocycles. The van der Waals surface area contributed by atoms with E-state index in [0.717, 1.165) is 12.8 Å². The van der Waals surface area contributed by atoms with Gasteiger partial charge in [0.25, 0.3) is 5.69 Å². The summed E-state index contributed by atoms with van der Waals surface area (Å²) in [5.74, 6) is -1.42. The first kappa shape index (κ1) is 17.1. The molecule has 1 aromatic rings. The summed E-state index contributed by atoms with van der Waals surface area (Å²) in [6.07, 6.45) is 8.59. The predicted molar refractivity (Wildman–Crippen MR) is 80.3 cm³/mol. The number of amides is 1. The Morgan fingerprint density at radius 1 is 1.19 bits per heavy atom. The fourth-order valence-corrected chi connectivity index (χ4v) is 2.26. The van der Waals surface area contributed by atoms with Crippen molar-refractivity contribution < 1.29 is 19.3 Å². The Morgan fingerprint density at radius 3 is 2.52 bits per heavy atom. The Labute approximate surface area is 126 Å². The van der Waals surface area contributed by atoms with E-state index in [-0.39, 0.29) is 17.2 Å². The lowest BCUT2D eigenvalue weighted by molar-refractivity contribution is -0.673. The van der Waals surface area contributed by atoms with Gasteiger partial charge in [-0.3, -0.25) is 4.79 Å². The number of nitrogens with one attached hydrogen (secondary N) is 1. The van der Waals surface area contributed by atoms with Gasteiger partial charge in [-0.25, -0.2) is 4.79 Å². The minimum absolute atomic E-state index is 0.0282. The van der Waals surface area contributed by atoms with E-state index < -0.39 is 5.97 Å². The van der Waals surface area contributed by atoms with E-state index in [2.05, 4.69) is 12.2 Å². The number of pyridine rings is 1. The number of aromatic carboxylic acids is 1. The molecule has 5 heteroatoms. The highest BCUT2D eigenvalue weighted by Crippen LogP contribution is 2.05. The number of hydrogen-bond donors (Lipinski definition) is 2. The Hall–Kier alpha value is -1.91. The molecule has 0 atom stereocenters. The molecule has 0 bridgehead atoms. The predicted octanol–water partition coefficient (Wildman–Crippen LogP) is 2.30. The third kappa shape index (κ3) is 5.53. The summed E-state index contributed by atoms with van der Waals surface area (Å²) >= 11 is 0. The minimum Gasteiger partial charge on any atom is -0.477 e. The van der Waals surface area contributed by atoms with E-state index in [1.54, 1.807) is 23.9 Å². The van der Waals surface area contributed by atoms with Crippen molar-refractivity contribution in [1.82, 2.24) is 5.32 Å². The molecule has 0 aliphatic heterocycles. The molecule has 1 amide bonds. The van der Waals surface area contributed by atoms with Crippen molar-refractivity contribution in [2.75, 3.05) is 6.54 Å². The molecule has 2 N–H and O–H groups in total. The van der Waals surface area contributed by atoms with Gasteiger partial charge in [0, 0.05) is 12.6 Å². The average molecular weight is 293 g/mol. The summed E-state index contributed by atoms with van der Waals surface area (Å²) < 4.78 is 1.54. The van der Waals surface area contributed by atoms with Gasteiger partial charge < -0.3 is 10.4 Å². The standard InChI is InChI=1S/C16H24N2O3/c1-3-4-5-6-7-8-11-17-15(19)14-13(16(20)21)10-9-12-18(14)2/h9-10,12H,3-8,11H2,1-2H3,(H-,17,19,20,21)/p+1. The largest absolute Gasteiger partial charge is 0.477 e. The first-order valence-corrected chi connectivity index (χ1v) is 7.58. The number of carbonyl (C=O) groups is 2. The van der Waals surface area contributed by atoms with Crippen LogP contribution in [0, 0.1) is 0 Å². The number of rotatable bonds is 9. The molecule has 1 rings (SSSR count). The van der Waals surface area contributed by atoms with Crippen LogP contribution < -0.4 is 9.88 Å². The summed E-state index contributed by atoms with van der Waals surface area (Å²) in [4.78, 5) is 23.3. The van der Waals surface area contributed by atoms with E-state index >= 15 is 0 Å². The molecular formula is C16H25N2O3+. The van der Waals surface area contributed by atoms with Crippen molar-refractivity contribution in [3.63, 3.8) is 0 Å². The first-order valence-electron chi connectivity index (χ1n) is 7.58. The fraction of sp³-hybridized carbons (Fsp3) is 0.562. The molecular weight excluding hydrogens is 268 g/mol. The Bertz CT molecular complexity index is 486. The van der Waals surface area contributed by atoms with Crippen LogP contribution in [0.1, 0.15) is 66.3 Å². The monoisotopic (exact) mass is 293 g/mol. The number of nitrogens with zero attached hydrogens (tertiary/aromatic N) is 1. The summed E-state index contributed by atoms with van der Waals surface area (Å²) in [7, 11) is 1.67. The summed E-state index contributed by atoms with van der Waals surface area (Å²) in [6, 6.07) is 3.07. The third-order valence-corrected chi connectivity index (χ3v) is 3.44. The van der Waals surface area contributed by atoms with E-state index in [4.69, 9.17) is 5.11 Å². The van der Waals surface area contributed by atoms with Gasteiger partial charge in [0.15, 0.2) is 6.20 Å². The van der Waals surface area contributed by atoms with Crippen LogP contribution in [0.4, 0.5) is 0 Å². The summed E-state index contributed by atoms with van der Waals surface area (Å²) in [5, 5.41) is 11.9. The quantitative estimate of drug-likeness (QED) is 0.542. The zero-order chi connectivity index (χ0) is 15.7. The number of hydrogen-bond acceptors (Lipinski definition) is 2. The number of unbranched alkanes of at least 4 members (excludes halogenated alkanes) is 5. The zero-order valence-corrected chi connectivity index (χ0v) is 12.9. The van der Waals surface area contributed by atoms with Gasteiger partial charge >= 0.3 is 11.9 Å². The van der Waals surface area contributed by atoms with Gasteiger partial charge in [0.2, 0.25) is 0 Å². The lowest BCUT2D eigenvalue weighted by Crippen LogP contribution is -2.42. The molecule has 0 aliphatic carbocycles. The maximum atomic E-state index is 12.1. The highest BCUT2D eigenvalue weighted by Gasteiger charge is 2.25. The van der Waals surface area contributed by atoms with Crippen molar-refractivity contribution in [3.05, 3.63) is 29.6 Å². The number of carbonyl (C=O) groups excluding carboxylic acids is 1. The van der Waals surface area contributed by atoms with Crippen molar-refractivity contribution in [2.45, 2.75) is 45.4 Å². The normalized spacial score (nSPS) is 10.4. The van der Waals surface area contributed by atoms with Crippen LogP contribution in [0.25, 0.3) is 0 Å². The number of aryl methyl sites for hydroxylation is 1. The molecule has 0 saturated heterocycles. The molecule has 0 fully saturated rings. The maximum Gasteiger partial charge on any atom is 0.342 e. The molecule has 5 nitrogen and oxygen atoms in total. The second-order valence-electron chi connectivity index (χ2n) is 5.21. The van der Waals surface area contributed by atoms with Crippen LogP contribution in [0.2, 0.25) is 0 Å². The second kappa shape index (κ2) is 9.10.